The van der Waals surface area contributed by atoms with Gasteiger partial charge in [-0.2, -0.15) is 4.98 Å². The van der Waals surface area contributed by atoms with Crippen LogP contribution in [0.5, 0.6) is 5.88 Å². The number of aromatic nitrogens is 2. The summed E-state index contributed by atoms with van der Waals surface area (Å²) < 4.78 is 33.1. The van der Waals surface area contributed by atoms with E-state index >= 15 is 0 Å². The van der Waals surface area contributed by atoms with Crippen molar-refractivity contribution in [3.63, 3.8) is 0 Å². The molecule has 9 heteroatoms. The Kier molecular flexibility index (Phi) is 5.51. The SMILES string of the molecule is COc1cc(-c2c(C)cccc2C)nc(NS(=O)(=O)c2cccc(C(N)=O)c2)n1. The van der Waals surface area contributed by atoms with Gasteiger partial charge in [0.1, 0.15) is 0 Å². The Balaban J connectivity index is 2.05. The molecule has 0 unspecified atom stereocenters. The van der Waals surface area contributed by atoms with Crippen LogP contribution in [0.25, 0.3) is 11.3 Å². The van der Waals surface area contributed by atoms with Crippen molar-refractivity contribution < 1.29 is 17.9 Å². The molecule has 1 aromatic heterocycles. The number of carbonyl (C=O) groups excluding carboxylic acids is 1. The van der Waals surface area contributed by atoms with Gasteiger partial charge in [0, 0.05) is 17.2 Å². The van der Waals surface area contributed by atoms with Gasteiger partial charge in [0.2, 0.25) is 17.7 Å². The molecule has 29 heavy (non-hydrogen) atoms. The zero-order valence-corrected chi connectivity index (χ0v) is 16.9. The van der Waals surface area contributed by atoms with Crippen LogP contribution >= 0.6 is 0 Å². The molecule has 0 spiro atoms. The van der Waals surface area contributed by atoms with Crippen molar-refractivity contribution in [3.05, 3.63) is 65.2 Å². The summed E-state index contributed by atoms with van der Waals surface area (Å²) in [5, 5.41) is 0. The maximum atomic E-state index is 12.8. The van der Waals surface area contributed by atoms with E-state index < -0.39 is 15.9 Å². The van der Waals surface area contributed by atoms with Gasteiger partial charge in [0.25, 0.3) is 10.0 Å². The fourth-order valence-electron chi connectivity index (χ4n) is 2.92. The number of nitrogens with two attached hydrogens (primary N) is 1. The second-order valence-corrected chi connectivity index (χ2v) is 8.07. The lowest BCUT2D eigenvalue weighted by atomic mass is 10.00. The van der Waals surface area contributed by atoms with Gasteiger partial charge in [-0.15, -0.1) is 0 Å². The summed E-state index contributed by atoms with van der Waals surface area (Å²) >= 11 is 0. The van der Waals surface area contributed by atoms with Crippen molar-refractivity contribution in [2.24, 2.45) is 5.73 Å². The lowest BCUT2D eigenvalue weighted by molar-refractivity contribution is 0.1000. The van der Waals surface area contributed by atoms with Crippen molar-refractivity contribution in [3.8, 4) is 17.1 Å². The number of ether oxygens (including phenoxy) is 1. The van der Waals surface area contributed by atoms with Gasteiger partial charge in [-0.05, 0) is 43.2 Å². The van der Waals surface area contributed by atoms with Crippen molar-refractivity contribution in [2.75, 3.05) is 11.8 Å². The van der Waals surface area contributed by atoms with E-state index in [1.807, 2.05) is 32.0 Å². The molecule has 3 rings (SSSR count). The average Bonchev–Trinajstić information content (AvgIpc) is 2.67. The molecule has 1 amide bonds. The van der Waals surface area contributed by atoms with Crippen LogP contribution < -0.4 is 15.2 Å². The smallest absolute Gasteiger partial charge is 0.264 e. The Morgan fingerprint density at radius 1 is 1.03 bits per heavy atom. The molecular weight excluding hydrogens is 392 g/mol. The predicted molar refractivity (Wildman–Crippen MR) is 109 cm³/mol. The Morgan fingerprint density at radius 2 is 1.69 bits per heavy atom. The maximum absolute atomic E-state index is 12.8. The van der Waals surface area contributed by atoms with Crippen LogP contribution in [0.4, 0.5) is 5.95 Å². The Morgan fingerprint density at radius 3 is 2.31 bits per heavy atom. The van der Waals surface area contributed by atoms with Crippen LogP contribution in [0.1, 0.15) is 21.5 Å². The van der Waals surface area contributed by atoms with E-state index in [0.717, 1.165) is 16.7 Å². The highest BCUT2D eigenvalue weighted by Crippen LogP contribution is 2.29. The molecule has 0 saturated carbocycles. The van der Waals surface area contributed by atoms with Gasteiger partial charge in [-0.25, -0.2) is 18.1 Å². The van der Waals surface area contributed by atoms with Gasteiger partial charge >= 0.3 is 0 Å². The Labute approximate surface area is 168 Å². The second-order valence-electron chi connectivity index (χ2n) is 6.38. The highest BCUT2D eigenvalue weighted by Gasteiger charge is 2.19. The first-order chi connectivity index (χ1) is 13.7. The van der Waals surface area contributed by atoms with Crippen LogP contribution in [-0.4, -0.2) is 31.4 Å². The summed E-state index contributed by atoms with van der Waals surface area (Å²) in [6.07, 6.45) is 0. The van der Waals surface area contributed by atoms with E-state index in [1.165, 1.54) is 31.4 Å². The van der Waals surface area contributed by atoms with Gasteiger partial charge < -0.3 is 10.5 Å². The first kappa shape index (κ1) is 20.3. The Bertz CT molecular complexity index is 1170. The molecule has 3 N–H and O–H groups in total. The first-order valence-electron chi connectivity index (χ1n) is 8.63. The monoisotopic (exact) mass is 412 g/mol. The van der Waals surface area contributed by atoms with Crippen LogP contribution in [0.3, 0.4) is 0 Å². The number of carbonyl (C=O) groups is 1. The van der Waals surface area contributed by atoms with Gasteiger partial charge in [0.15, 0.2) is 0 Å². The molecule has 8 nitrogen and oxygen atoms in total. The minimum atomic E-state index is -4.05. The summed E-state index contributed by atoms with van der Waals surface area (Å²) in [5.74, 6) is -0.662. The third kappa shape index (κ3) is 4.35. The number of amides is 1. The molecule has 0 aliphatic heterocycles. The van der Waals surface area contributed by atoms with Crippen molar-refractivity contribution in [2.45, 2.75) is 18.7 Å². The van der Waals surface area contributed by atoms with Crippen LogP contribution in [0.2, 0.25) is 0 Å². The summed E-state index contributed by atoms with van der Waals surface area (Å²) in [7, 11) is -2.62. The summed E-state index contributed by atoms with van der Waals surface area (Å²) in [6.45, 7) is 3.88. The van der Waals surface area contributed by atoms with Crippen molar-refractivity contribution >= 4 is 21.9 Å². The fraction of sp³-hybridized carbons (Fsp3) is 0.150. The highest BCUT2D eigenvalue weighted by molar-refractivity contribution is 7.92. The minimum absolute atomic E-state index is 0.0793. The molecule has 3 aromatic rings. The largest absolute Gasteiger partial charge is 0.481 e. The van der Waals surface area contributed by atoms with Crippen LogP contribution in [0.15, 0.2) is 53.4 Å². The number of sulfonamides is 1. The Hall–Kier alpha value is -3.46. The predicted octanol–water partition coefficient (Wildman–Crippen LogP) is 2.67. The fourth-order valence-corrected chi connectivity index (χ4v) is 3.91. The van der Waals surface area contributed by atoms with Gasteiger partial charge in [-0.3, -0.25) is 4.79 Å². The standard InChI is InChI=1S/C20H20N4O4S/c1-12-6-4-7-13(2)18(12)16-11-17(28-3)23-20(22-16)24-29(26,27)15-9-5-8-14(10-15)19(21)25/h4-11H,1-3H3,(H2,21,25)(H,22,23,24). The number of hydrogen-bond donors (Lipinski definition) is 2. The third-order valence-corrected chi connectivity index (χ3v) is 5.63. The lowest BCUT2D eigenvalue weighted by Crippen LogP contribution is -2.17. The van der Waals surface area contributed by atoms with E-state index in [2.05, 4.69) is 14.7 Å². The number of rotatable bonds is 6. The zero-order valence-electron chi connectivity index (χ0n) is 16.1. The van der Waals surface area contributed by atoms with Gasteiger partial charge in [0.05, 0.1) is 17.7 Å². The topological polar surface area (TPSA) is 124 Å². The van der Waals surface area contributed by atoms with E-state index in [0.29, 0.717) is 5.69 Å². The van der Waals surface area contributed by atoms with Gasteiger partial charge in [-0.1, -0.05) is 24.3 Å². The lowest BCUT2D eigenvalue weighted by Gasteiger charge is -2.13. The molecule has 150 valence electrons. The molecule has 0 aliphatic carbocycles. The van der Waals surface area contributed by atoms with Crippen LogP contribution in [0, 0.1) is 13.8 Å². The van der Waals surface area contributed by atoms with E-state index in [9.17, 15) is 13.2 Å². The molecule has 0 radical (unpaired) electrons. The number of primary amides is 1. The normalized spacial score (nSPS) is 11.1. The van der Waals surface area contributed by atoms with E-state index in [-0.39, 0.29) is 22.3 Å². The molecule has 0 fully saturated rings. The summed E-state index contributed by atoms with van der Waals surface area (Å²) in [5.41, 5.74) is 8.66. The van der Waals surface area contributed by atoms with Crippen molar-refractivity contribution in [1.82, 2.24) is 9.97 Å². The number of nitrogens with zero attached hydrogens (tertiary/aromatic N) is 2. The average molecular weight is 412 g/mol. The number of benzene rings is 2. The summed E-state index contributed by atoms with van der Waals surface area (Å²) in [6, 6.07) is 12.9. The number of hydrogen-bond acceptors (Lipinski definition) is 6. The van der Waals surface area contributed by atoms with Crippen molar-refractivity contribution in [1.29, 1.82) is 0 Å². The molecule has 0 atom stereocenters. The molecular formula is C20H20N4O4S. The quantitative estimate of drug-likeness (QED) is 0.641. The highest BCUT2D eigenvalue weighted by atomic mass is 32.2. The molecule has 0 aliphatic rings. The third-order valence-electron chi connectivity index (χ3n) is 4.30. The first-order valence-corrected chi connectivity index (χ1v) is 10.1. The zero-order chi connectivity index (χ0) is 21.2. The van der Waals surface area contributed by atoms with E-state index in [4.69, 9.17) is 10.5 Å². The molecule has 0 saturated heterocycles. The summed E-state index contributed by atoms with van der Waals surface area (Å²) in [4.78, 5) is 19.7. The molecule has 0 bridgehead atoms. The number of aryl methyl sites for hydroxylation is 2. The number of nitrogens with one attached hydrogen (secondary N) is 1. The molecule has 1 heterocycles. The maximum Gasteiger partial charge on any atom is 0.264 e. The number of methoxy groups -OCH3 is 1. The second kappa shape index (κ2) is 7.88. The number of anilines is 1. The van der Waals surface area contributed by atoms with Crippen LogP contribution in [-0.2, 0) is 10.0 Å². The molecule has 2 aromatic carbocycles. The minimum Gasteiger partial charge on any atom is -0.481 e. The van der Waals surface area contributed by atoms with E-state index in [1.54, 1.807) is 6.07 Å².